The Labute approximate surface area is 163 Å². The van der Waals surface area contributed by atoms with Crippen molar-refractivity contribution in [3.63, 3.8) is 0 Å². The van der Waals surface area contributed by atoms with Crippen LogP contribution in [0, 0.1) is 0 Å². The van der Waals surface area contributed by atoms with E-state index in [1.165, 1.54) is 30.4 Å². The number of nitrogens with one attached hydrogen (secondary N) is 1. The standard InChI is InChI=1S/C16H18N2O7S2/c1-8(19)25-5-9-7-27-15-12(14(21)18(15)13(9)16(22)23)17-11(20)4-10-6-24-2-3-26-10/h6,12,15H,2-5,7H2,1H3,(H,17,20)(H,22,23). The first-order chi connectivity index (χ1) is 12.9. The highest BCUT2D eigenvalue weighted by Crippen LogP contribution is 2.40. The van der Waals surface area contributed by atoms with Crippen molar-refractivity contribution in [2.45, 2.75) is 24.8 Å². The average molecular weight is 414 g/mol. The van der Waals surface area contributed by atoms with Gasteiger partial charge in [-0.25, -0.2) is 4.79 Å². The first-order valence-corrected chi connectivity index (χ1v) is 10.2. The van der Waals surface area contributed by atoms with Crippen LogP contribution in [0.4, 0.5) is 0 Å². The Morgan fingerprint density at radius 3 is 2.85 bits per heavy atom. The van der Waals surface area contributed by atoms with Crippen molar-refractivity contribution in [1.29, 1.82) is 0 Å². The Hall–Kier alpha value is -2.14. The summed E-state index contributed by atoms with van der Waals surface area (Å²) in [6.45, 7) is 1.65. The smallest absolute Gasteiger partial charge is 0.352 e. The number of amides is 2. The van der Waals surface area contributed by atoms with Crippen LogP contribution in [-0.2, 0) is 28.7 Å². The Kier molecular flexibility index (Phi) is 6.00. The number of fused-ring (bicyclic) bond motifs is 1. The van der Waals surface area contributed by atoms with Crippen LogP contribution >= 0.6 is 23.5 Å². The van der Waals surface area contributed by atoms with Gasteiger partial charge in [0, 0.05) is 28.9 Å². The number of carboxylic acid groups (broad SMARTS) is 1. The van der Waals surface area contributed by atoms with E-state index < -0.39 is 29.3 Å². The monoisotopic (exact) mass is 414 g/mol. The van der Waals surface area contributed by atoms with E-state index in [0.717, 1.165) is 15.6 Å². The summed E-state index contributed by atoms with van der Waals surface area (Å²) in [5, 5.41) is 11.7. The predicted molar refractivity (Wildman–Crippen MR) is 97.4 cm³/mol. The Bertz CT molecular complexity index is 749. The lowest BCUT2D eigenvalue weighted by Gasteiger charge is -2.49. The molecule has 2 atom stereocenters. The molecular weight excluding hydrogens is 396 g/mol. The summed E-state index contributed by atoms with van der Waals surface area (Å²) in [5.74, 6) is -1.53. The molecule has 2 amide bonds. The van der Waals surface area contributed by atoms with Crippen LogP contribution in [0.15, 0.2) is 22.4 Å². The summed E-state index contributed by atoms with van der Waals surface area (Å²) < 4.78 is 10.1. The lowest BCUT2D eigenvalue weighted by molar-refractivity contribution is -0.151. The molecule has 3 aliphatic rings. The van der Waals surface area contributed by atoms with E-state index in [-0.39, 0.29) is 24.6 Å². The van der Waals surface area contributed by atoms with Crippen LogP contribution < -0.4 is 5.32 Å². The quantitative estimate of drug-likeness (QED) is 0.466. The molecule has 1 saturated heterocycles. The molecule has 0 aromatic rings. The zero-order chi connectivity index (χ0) is 19.6. The summed E-state index contributed by atoms with van der Waals surface area (Å²) in [6.07, 6.45) is 1.66. The fourth-order valence-electron chi connectivity index (χ4n) is 2.87. The van der Waals surface area contributed by atoms with Gasteiger partial charge < -0.3 is 19.9 Å². The van der Waals surface area contributed by atoms with E-state index in [0.29, 0.717) is 17.9 Å². The van der Waals surface area contributed by atoms with Crippen LogP contribution in [0.25, 0.3) is 0 Å². The van der Waals surface area contributed by atoms with Gasteiger partial charge in [-0.1, -0.05) is 0 Å². The van der Waals surface area contributed by atoms with Crippen LogP contribution in [0.1, 0.15) is 13.3 Å². The van der Waals surface area contributed by atoms with E-state index in [9.17, 15) is 24.3 Å². The largest absolute Gasteiger partial charge is 0.499 e. The summed E-state index contributed by atoms with van der Waals surface area (Å²) >= 11 is 2.86. The molecule has 0 aromatic carbocycles. The molecule has 0 spiro atoms. The van der Waals surface area contributed by atoms with Gasteiger partial charge in [0.15, 0.2) is 0 Å². The average Bonchev–Trinajstić information content (AvgIpc) is 2.64. The van der Waals surface area contributed by atoms with Crippen LogP contribution in [0.3, 0.4) is 0 Å². The number of aliphatic carboxylic acids is 1. The van der Waals surface area contributed by atoms with Crippen molar-refractivity contribution in [2.75, 3.05) is 24.7 Å². The van der Waals surface area contributed by atoms with E-state index in [1.807, 2.05) is 0 Å². The molecule has 3 aliphatic heterocycles. The topological polar surface area (TPSA) is 122 Å². The number of ether oxygens (including phenoxy) is 2. The van der Waals surface area contributed by atoms with E-state index >= 15 is 0 Å². The fraction of sp³-hybridized carbons (Fsp3) is 0.500. The third kappa shape index (κ3) is 4.24. The highest BCUT2D eigenvalue weighted by molar-refractivity contribution is 8.03. The van der Waals surface area contributed by atoms with Crippen LogP contribution in [0.2, 0.25) is 0 Å². The molecule has 0 bridgehead atoms. The molecule has 11 heteroatoms. The first-order valence-electron chi connectivity index (χ1n) is 8.14. The van der Waals surface area contributed by atoms with Gasteiger partial charge in [-0.2, -0.15) is 0 Å². The van der Waals surface area contributed by atoms with Crippen molar-refractivity contribution in [2.24, 2.45) is 0 Å². The number of esters is 1. The van der Waals surface area contributed by atoms with E-state index in [1.54, 1.807) is 6.26 Å². The molecule has 0 radical (unpaired) electrons. The minimum absolute atomic E-state index is 0.116. The highest BCUT2D eigenvalue weighted by Gasteiger charge is 2.54. The molecule has 2 unspecified atom stereocenters. The van der Waals surface area contributed by atoms with E-state index in [2.05, 4.69) is 5.32 Å². The number of hydrogen-bond donors (Lipinski definition) is 2. The summed E-state index contributed by atoms with van der Waals surface area (Å²) in [6, 6.07) is -0.776. The highest BCUT2D eigenvalue weighted by atomic mass is 32.2. The SMILES string of the molecule is CC(=O)OCC1=C(C(=O)O)N2C(=O)C(NC(=O)CC3=COCCS3)C2SC1. The lowest BCUT2D eigenvalue weighted by Crippen LogP contribution is -2.70. The zero-order valence-corrected chi connectivity index (χ0v) is 16.1. The van der Waals surface area contributed by atoms with Gasteiger partial charge in [-0.3, -0.25) is 19.3 Å². The van der Waals surface area contributed by atoms with Gasteiger partial charge in [-0.15, -0.1) is 23.5 Å². The van der Waals surface area contributed by atoms with Gasteiger partial charge in [0.25, 0.3) is 5.91 Å². The molecule has 27 heavy (non-hydrogen) atoms. The second kappa shape index (κ2) is 8.26. The summed E-state index contributed by atoms with van der Waals surface area (Å²) in [4.78, 5) is 49.2. The Morgan fingerprint density at radius 2 is 2.22 bits per heavy atom. The fourth-order valence-corrected chi connectivity index (χ4v) is 5.00. The van der Waals surface area contributed by atoms with Gasteiger partial charge in [0.1, 0.15) is 23.7 Å². The summed E-state index contributed by atoms with van der Waals surface area (Å²) in [7, 11) is 0. The van der Waals surface area contributed by atoms with Crippen molar-refractivity contribution >= 4 is 47.3 Å². The second-order valence-electron chi connectivity index (χ2n) is 5.97. The Balaban J connectivity index is 1.66. The zero-order valence-electron chi connectivity index (χ0n) is 14.4. The van der Waals surface area contributed by atoms with Crippen LogP contribution in [0.5, 0.6) is 0 Å². The van der Waals surface area contributed by atoms with Crippen molar-refractivity contribution < 1.29 is 33.8 Å². The summed E-state index contributed by atoms with van der Waals surface area (Å²) in [5.41, 5.74) is 0.187. The van der Waals surface area contributed by atoms with E-state index in [4.69, 9.17) is 9.47 Å². The molecular formula is C16H18N2O7S2. The number of carbonyl (C=O) groups is 4. The molecule has 0 saturated carbocycles. The third-order valence-corrected chi connectivity index (χ3v) is 6.38. The number of carbonyl (C=O) groups excluding carboxylic acids is 3. The molecule has 2 N–H and O–H groups in total. The maximum atomic E-state index is 12.5. The van der Waals surface area contributed by atoms with Crippen molar-refractivity contribution in [1.82, 2.24) is 10.2 Å². The number of β-lactam (4-membered cyclic amide) rings is 1. The number of thioether (sulfide) groups is 2. The maximum Gasteiger partial charge on any atom is 0.352 e. The van der Waals surface area contributed by atoms with Gasteiger partial charge in [0.05, 0.1) is 19.3 Å². The second-order valence-corrected chi connectivity index (χ2v) is 8.30. The number of nitrogens with zero attached hydrogens (tertiary/aromatic N) is 1. The third-order valence-electron chi connectivity index (χ3n) is 4.05. The van der Waals surface area contributed by atoms with Crippen molar-refractivity contribution in [3.8, 4) is 0 Å². The number of hydrogen-bond acceptors (Lipinski definition) is 8. The van der Waals surface area contributed by atoms with Gasteiger partial charge in [-0.05, 0) is 0 Å². The number of carboxylic acids is 1. The van der Waals surface area contributed by atoms with Gasteiger partial charge >= 0.3 is 11.9 Å². The minimum Gasteiger partial charge on any atom is -0.499 e. The predicted octanol–water partition coefficient (Wildman–Crippen LogP) is 0.283. The molecule has 0 aliphatic carbocycles. The molecule has 1 fully saturated rings. The molecule has 3 heterocycles. The van der Waals surface area contributed by atoms with Crippen LogP contribution in [-0.4, -0.2) is 69.9 Å². The minimum atomic E-state index is -1.26. The molecule has 146 valence electrons. The maximum absolute atomic E-state index is 12.5. The molecule has 9 nitrogen and oxygen atoms in total. The van der Waals surface area contributed by atoms with Gasteiger partial charge in [0.2, 0.25) is 5.91 Å². The number of rotatable bonds is 6. The Morgan fingerprint density at radius 1 is 1.44 bits per heavy atom. The lowest BCUT2D eigenvalue weighted by atomic mass is 10.0. The van der Waals surface area contributed by atoms with Crippen molar-refractivity contribution in [3.05, 3.63) is 22.4 Å². The molecule has 0 aromatic heterocycles. The first kappa shape index (κ1) is 19.6. The molecule has 3 rings (SSSR count). The normalized spacial score (nSPS) is 24.3.